The van der Waals surface area contributed by atoms with Crippen LogP contribution in [-0.4, -0.2) is 63.1 Å². The van der Waals surface area contributed by atoms with E-state index >= 15 is 0 Å². The predicted molar refractivity (Wildman–Crippen MR) is 143 cm³/mol. The van der Waals surface area contributed by atoms with Gasteiger partial charge in [-0.1, -0.05) is 24.3 Å². The zero-order valence-electron chi connectivity index (χ0n) is 20.8. The highest BCUT2D eigenvalue weighted by Crippen LogP contribution is 2.18. The van der Waals surface area contributed by atoms with Crippen molar-refractivity contribution in [1.82, 2.24) is 24.6 Å². The molecule has 0 bridgehead atoms. The number of hydrogen-bond acceptors (Lipinski definition) is 11. The first-order chi connectivity index (χ1) is 18.6. The molecule has 0 saturated carbocycles. The lowest BCUT2D eigenvalue weighted by atomic mass is 10.2. The largest absolute Gasteiger partial charge is 0.497 e. The van der Waals surface area contributed by atoms with Crippen LogP contribution in [0.5, 0.6) is 11.6 Å². The van der Waals surface area contributed by atoms with E-state index in [9.17, 15) is 9.90 Å². The minimum absolute atomic E-state index is 0.114. The average molecular weight is 520 g/mol. The second-order valence-corrected chi connectivity index (χ2v) is 8.55. The van der Waals surface area contributed by atoms with Gasteiger partial charge < -0.3 is 30.1 Å². The number of morpholine rings is 1. The van der Waals surface area contributed by atoms with E-state index in [0.717, 1.165) is 53.5 Å². The quantitative estimate of drug-likeness (QED) is 0.209. The van der Waals surface area contributed by atoms with E-state index < -0.39 is 5.69 Å². The molecular formula is C25H29N9O4. The summed E-state index contributed by atoms with van der Waals surface area (Å²) < 4.78 is 11.7. The van der Waals surface area contributed by atoms with Gasteiger partial charge in [-0.2, -0.15) is 15.0 Å². The molecule has 38 heavy (non-hydrogen) atoms. The molecule has 13 nitrogen and oxygen atoms in total. The van der Waals surface area contributed by atoms with Crippen LogP contribution in [0.2, 0.25) is 0 Å². The van der Waals surface area contributed by atoms with Crippen molar-refractivity contribution in [3.8, 4) is 11.6 Å². The highest BCUT2D eigenvalue weighted by atomic mass is 16.5. The van der Waals surface area contributed by atoms with Gasteiger partial charge in [0.05, 0.1) is 26.5 Å². The number of aromatic hydroxyl groups is 1. The lowest BCUT2D eigenvalue weighted by Gasteiger charge is -2.28. The lowest BCUT2D eigenvalue weighted by Crippen LogP contribution is -2.36. The summed E-state index contributed by atoms with van der Waals surface area (Å²) in [6.07, 6.45) is 1.19. The maximum atomic E-state index is 12.0. The average Bonchev–Trinajstić information content (AvgIpc) is 3.27. The Morgan fingerprint density at radius 1 is 0.921 bits per heavy atom. The molecule has 1 fully saturated rings. The molecule has 2 aromatic carbocycles. The first-order valence-electron chi connectivity index (χ1n) is 12.1. The van der Waals surface area contributed by atoms with Crippen LogP contribution in [0.15, 0.2) is 59.5 Å². The standard InChI is InChI=1S/C25H29N9O4/c1-37-20-8-4-18(5-9-20)15-27-23-29-22(30-24(31-23)32-34-16-21(35)28-25(34)36)26-14-17-2-6-19(7-3-17)33-10-12-38-13-11-33/h2-9,16,35H,10-15H2,1H3,(H,28,36)(H3,26,27,29,30,31,32). The molecule has 1 saturated heterocycles. The zero-order valence-corrected chi connectivity index (χ0v) is 20.8. The number of nitrogens with zero attached hydrogens (tertiary/aromatic N) is 5. The molecule has 2 aromatic heterocycles. The number of rotatable bonds is 10. The van der Waals surface area contributed by atoms with E-state index in [2.05, 4.69) is 65.2 Å². The fourth-order valence-corrected chi connectivity index (χ4v) is 3.91. The number of anilines is 4. The van der Waals surface area contributed by atoms with Crippen LogP contribution in [-0.2, 0) is 17.8 Å². The number of aromatic amines is 1. The fraction of sp³-hybridized carbons (Fsp3) is 0.280. The third kappa shape index (κ3) is 6.31. The van der Waals surface area contributed by atoms with Gasteiger partial charge in [-0.25, -0.2) is 9.47 Å². The summed E-state index contributed by atoms with van der Waals surface area (Å²) in [7, 11) is 1.62. The first kappa shape index (κ1) is 24.9. The molecule has 0 amide bonds. The molecule has 198 valence electrons. The Labute approximate surface area is 218 Å². The number of nitrogens with one attached hydrogen (secondary N) is 4. The summed E-state index contributed by atoms with van der Waals surface area (Å²) in [5.41, 5.74) is 5.42. The predicted octanol–water partition coefficient (Wildman–Crippen LogP) is 2.01. The van der Waals surface area contributed by atoms with Gasteiger partial charge in [0.15, 0.2) is 0 Å². The molecule has 0 aliphatic carbocycles. The highest BCUT2D eigenvalue weighted by Gasteiger charge is 2.12. The van der Waals surface area contributed by atoms with Crippen LogP contribution < -0.4 is 31.4 Å². The number of methoxy groups -OCH3 is 1. The minimum Gasteiger partial charge on any atom is -0.497 e. The lowest BCUT2D eigenvalue weighted by molar-refractivity contribution is 0.122. The topological polar surface area (TPSA) is 154 Å². The summed E-state index contributed by atoms with van der Waals surface area (Å²) in [4.78, 5) is 29.8. The summed E-state index contributed by atoms with van der Waals surface area (Å²) in [6.45, 7) is 4.18. The van der Waals surface area contributed by atoms with E-state index in [1.807, 2.05) is 24.3 Å². The Morgan fingerprint density at radius 2 is 1.50 bits per heavy atom. The summed E-state index contributed by atoms with van der Waals surface area (Å²) >= 11 is 0. The maximum Gasteiger partial charge on any atom is 0.347 e. The van der Waals surface area contributed by atoms with Gasteiger partial charge in [0.25, 0.3) is 0 Å². The van der Waals surface area contributed by atoms with E-state index in [1.54, 1.807) is 7.11 Å². The van der Waals surface area contributed by atoms with Crippen molar-refractivity contribution in [3.63, 3.8) is 0 Å². The van der Waals surface area contributed by atoms with Crippen LogP contribution in [0, 0.1) is 0 Å². The Balaban J connectivity index is 1.30. The number of aromatic nitrogens is 5. The van der Waals surface area contributed by atoms with Gasteiger partial charge in [0, 0.05) is 31.9 Å². The maximum absolute atomic E-state index is 12.0. The fourth-order valence-electron chi connectivity index (χ4n) is 3.91. The molecule has 5 rings (SSSR count). The van der Waals surface area contributed by atoms with Gasteiger partial charge in [-0.15, -0.1) is 0 Å². The Kier molecular flexibility index (Phi) is 7.54. The molecule has 0 atom stereocenters. The molecule has 1 aliphatic rings. The highest BCUT2D eigenvalue weighted by molar-refractivity contribution is 5.49. The molecule has 1 aliphatic heterocycles. The van der Waals surface area contributed by atoms with Crippen molar-refractivity contribution in [1.29, 1.82) is 0 Å². The SMILES string of the molecule is COc1ccc(CNc2nc(NCc3ccc(N4CCOCC4)cc3)nc(Nn3cc(O)[nH]c3=O)n2)cc1. The van der Waals surface area contributed by atoms with Crippen molar-refractivity contribution in [2.75, 3.05) is 54.4 Å². The zero-order chi connectivity index (χ0) is 26.3. The number of hydrogen-bond donors (Lipinski definition) is 5. The Morgan fingerprint density at radius 3 is 2.05 bits per heavy atom. The second-order valence-electron chi connectivity index (χ2n) is 8.55. The van der Waals surface area contributed by atoms with Gasteiger partial charge >= 0.3 is 5.69 Å². The van der Waals surface area contributed by atoms with E-state index in [0.29, 0.717) is 25.0 Å². The molecule has 13 heteroatoms. The van der Waals surface area contributed by atoms with Gasteiger partial charge in [0.2, 0.25) is 23.7 Å². The van der Waals surface area contributed by atoms with E-state index in [4.69, 9.17) is 9.47 Å². The Hall–Kier alpha value is -4.78. The van der Waals surface area contributed by atoms with Crippen molar-refractivity contribution in [2.24, 2.45) is 0 Å². The molecule has 3 heterocycles. The van der Waals surface area contributed by atoms with E-state index in [1.165, 1.54) is 6.20 Å². The van der Waals surface area contributed by atoms with Crippen LogP contribution in [0.1, 0.15) is 11.1 Å². The summed E-state index contributed by atoms with van der Waals surface area (Å²) in [6, 6.07) is 15.9. The number of ether oxygens (including phenoxy) is 2. The molecule has 0 radical (unpaired) electrons. The second kappa shape index (κ2) is 11.5. The Bertz CT molecular complexity index is 1400. The molecule has 0 unspecified atom stereocenters. The normalized spacial score (nSPS) is 13.2. The van der Waals surface area contributed by atoms with Crippen LogP contribution in [0.4, 0.5) is 23.5 Å². The third-order valence-electron chi connectivity index (χ3n) is 5.93. The van der Waals surface area contributed by atoms with Crippen LogP contribution in [0.3, 0.4) is 0 Å². The van der Waals surface area contributed by atoms with Crippen molar-refractivity contribution in [3.05, 3.63) is 76.3 Å². The van der Waals surface area contributed by atoms with Gasteiger partial charge in [-0.3, -0.25) is 10.4 Å². The van der Waals surface area contributed by atoms with Crippen molar-refractivity contribution in [2.45, 2.75) is 13.1 Å². The third-order valence-corrected chi connectivity index (χ3v) is 5.93. The number of benzene rings is 2. The molecule has 4 aromatic rings. The summed E-state index contributed by atoms with van der Waals surface area (Å²) in [5.74, 6) is 1.21. The first-order valence-corrected chi connectivity index (χ1v) is 12.1. The minimum atomic E-state index is -0.564. The number of H-pyrrole nitrogens is 1. The monoisotopic (exact) mass is 519 g/mol. The summed E-state index contributed by atoms with van der Waals surface area (Å²) in [5, 5.41) is 16.0. The number of imidazole rings is 1. The van der Waals surface area contributed by atoms with Crippen LogP contribution in [0.25, 0.3) is 0 Å². The smallest absolute Gasteiger partial charge is 0.347 e. The van der Waals surface area contributed by atoms with E-state index in [-0.39, 0.29) is 11.8 Å². The molecule has 5 N–H and O–H groups in total. The van der Waals surface area contributed by atoms with Gasteiger partial charge in [0.1, 0.15) is 5.75 Å². The molecular weight excluding hydrogens is 490 g/mol. The van der Waals surface area contributed by atoms with Gasteiger partial charge in [-0.05, 0) is 35.4 Å². The van der Waals surface area contributed by atoms with Crippen molar-refractivity contribution >= 4 is 23.5 Å². The molecule has 0 spiro atoms. The van der Waals surface area contributed by atoms with Crippen molar-refractivity contribution < 1.29 is 14.6 Å². The van der Waals surface area contributed by atoms with Crippen LogP contribution >= 0.6 is 0 Å².